The Morgan fingerprint density at radius 1 is 1.02 bits per heavy atom. The van der Waals surface area contributed by atoms with Crippen molar-refractivity contribution in [3.8, 4) is 11.5 Å². The van der Waals surface area contributed by atoms with Crippen molar-refractivity contribution in [2.45, 2.75) is 51.4 Å². The summed E-state index contributed by atoms with van der Waals surface area (Å²) in [5.41, 5.74) is 1.58. The molecule has 0 radical (unpaired) electrons. The van der Waals surface area contributed by atoms with Gasteiger partial charge in [-0.3, -0.25) is 24.0 Å². The zero-order valence-electron chi connectivity index (χ0n) is 29.0. The van der Waals surface area contributed by atoms with Crippen LogP contribution in [-0.2, 0) is 29.0 Å². The molecule has 4 N–H and O–H groups in total. The van der Waals surface area contributed by atoms with E-state index < -0.39 is 35.9 Å². The van der Waals surface area contributed by atoms with Gasteiger partial charge in [-0.2, -0.15) is 0 Å². The molecule has 4 bridgehead atoms. The monoisotopic (exact) mass is 731 g/mol. The molecule has 16 heteroatoms. The van der Waals surface area contributed by atoms with E-state index in [9.17, 15) is 29.1 Å². The van der Waals surface area contributed by atoms with Crippen molar-refractivity contribution >= 4 is 40.7 Å². The number of nitrogens with zero attached hydrogens (tertiary/aromatic N) is 4. The number of rotatable bonds is 6. The number of hydrogen-bond acceptors (Lipinski definition) is 11. The highest BCUT2D eigenvalue weighted by molar-refractivity contribution is 7.15. The Morgan fingerprint density at radius 2 is 1.79 bits per heavy atom. The van der Waals surface area contributed by atoms with Gasteiger partial charge in [-0.25, -0.2) is 4.68 Å². The number of methoxy groups -OCH3 is 1. The highest BCUT2D eigenvalue weighted by atomic mass is 32.1. The quantitative estimate of drug-likeness (QED) is 0.167. The van der Waals surface area contributed by atoms with Crippen LogP contribution < -0.4 is 25.4 Å². The van der Waals surface area contributed by atoms with E-state index in [0.29, 0.717) is 39.9 Å². The summed E-state index contributed by atoms with van der Waals surface area (Å²) in [4.78, 5) is 68.5. The number of aromatic nitrogens is 3. The first-order valence-corrected chi connectivity index (χ1v) is 17.5. The number of ether oxygens (including phenoxy) is 2. The topological polar surface area (TPSA) is 194 Å². The number of benzene rings is 2. The predicted octanol–water partition coefficient (Wildman–Crippen LogP) is 1.65. The van der Waals surface area contributed by atoms with Gasteiger partial charge in [-0.1, -0.05) is 35.5 Å². The van der Waals surface area contributed by atoms with Crippen LogP contribution in [0, 0.1) is 0 Å². The number of Topliss-reactive ketones (excluding diaryl/α,β-unsaturated/α-hetero) is 1. The zero-order valence-corrected chi connectivity index (χ0v) is 29.9. The second kappa shape index (κ2) is 17.5. The molecule has 0 saturated heterocycles. The number of aliphatic hydroxyl groups excluding tert-OH is 1. The lowest BCUT2D eigenvalue weighted by Crippen LogP contribution is -2.58. The maximum Gasteiger partial charge on any atom is 0.264 e. The van der Waals surface area contributed by atoms with Crippen molar-refractivity contribution in [1.29, 1.82) is 0 Å². The molecule has 4 amide bonds. The molecule has 4 aromatic rings. The normalized spacial score (nSPS) is 18.4. The smallest absolute Gasteiger partial charge is 0.264 e. The first-order chi connectivity index (χ1) is 25.0. The average molecular weight is 732 g/mol. The van der Waals surface area contributed by atoms with E-state index in [2.05, 4.69) is 26.3 Å². The summed E-state index contributed by atoms with van der Waals surface area (Å²) in [6.07, 6.45) is 0.880. The fourth-order valence-electron chi connectivity index (χ4n) is 5.49. The Morgan fingerprint density at radius 3 is 2.50 bits per heavy atom. The number of carbonyl (C=O) groups is 5. The number of amides is 4. The molecular formula is C36H41N7O8S. The lowest BCUT2D eigenvalue weighted by atomic mass is 10.0. The van der Waals surface area contributed by atoms with Gasteiger partial charge in [-0.15, -0.1) is 16.4 Å². The van der Waals surface area contributed by atoms with Gasteiger partial charge >= 0.3 is 0 Å². The van der Waals surface area contributed by atoms with Crippen LogP contribution in [-0.4, -0.2) is 106 Å². The van der Waals surface area contributed by atoms with Gasteiger partial charge in [0, 0.05) is 44.2 Å². The van der Waals surface area contributed by atoms with E-state index in [-0.39, 0.29) is 49.9 Å². The first-order valence-electron chi connectivity index (χ1n) is 16.7. The van der Waals surface area contributed by atoms with Crippen molar-refractivity contribution in [2.75, 3.05) is 33.4 Å². The number of ketones is 1. The van der Waals surface area contributed by atoms with Crippen LogP contribution in [0.2, 0.25) is 0 Å². The molecule has 0 fully saturated rings. The summed E-state index contributed by atoms with van der Waals surface area (Å²) >= 11 is 1.08. The van der Waals surface area contributed by atoms with Crippen molar-refractivity contribution in [3.05, 3.63) is 93.4 Å². The maximum absolute atomic E-state index is 13.7. The molecule has 52 heavy (non-hydrogen) atoms. The van der Waals surface area contributed by atoms with Gasteiger partial charge in [0.15, 0.2) is 17.3 Å². The SMILES string of the molecule is COc1cc2ccc1OCCn1cc(nn1)CCN(C(=O)c1ccc(C(C)=O)s1)CCNC(=O)[C@H]([C@@H](C)O)NC(=O)[C@@H](Cc1ccccc1)NC2=O. The van der Waals surface area contributed by atoms with E-state index in [4.69, 9.17) is 9.47 Å². The Hall–Kier alpha value is -5.61. The summed E-state index contributed by atoms with van der Waals surface area (Å²) in [6, 6.07) is 14.4. The van der Waals surface area contributed by atoms with E-state index in [1.807, 2.05) is 18.2 Å². The average Bonchev–Trinajstić information content (AvgIpc) is 3.82. The van der Waals surface area contributed by atoms with Crippen LogP contribution in [0.3, 0.4) is 0 Å². The van der Waals surface area contributed by atoms with E-state index in [1.165, 1.54) is 31.9 Å². The number of aliphatic hydroxyl groups is 1. The minimum absolute atomic E-state index is 0.0134. The van der Waals surface area contributed by atoms with Crippen LogP contribution in [0.5, 0.6) is 11.5 Å². The highest BCUT2D eigenvalue weighted by Gasteiger charge is 2.31. The second-order valence-corrected chi connectivity index (χ2v) is 13.3. The molecule has 274 valence electrons. The fourth-order valence-corrected chi connectivity index (χ4v) is 6.35. The third kappa shape index (κ3) is 9.79. The highest BCUT2D eigenvalue weighted by Crippen LogP contribution is 2.28. The molecule has 3 atom stereocenters. The standard InChI is InChI=1S/C36H41N7O8S/c1-22(44)30-11-12-31(52-30)36(49)42-15-13-26-21-43(41-40-26)17-18-51-28-10-9-25(20-29(28)50-3)33(46)38-27(19-24-7-5-4-6-8-24)34(47)39-32(23(2)45)35(48)37-14-16-42/h4-12,20-21,23,27,32,45H,13-19H2,1-3H3,(H,37,48)(H,38,46)(H,39,47)/t23-,27-,32+/m1/s1. The minimum atomic E-state index is -1.38. The molecule has 2 aromatic carbocycles. The van der Waals surface area contributed by atoms with Crippen LogP contribution in [0.1, 0.15) is 54.8 Å². The van der Waals surface area contributed by atoms with Gasteiger partial charge in [0.1, 0.15) is 18.7 Å². The lowest BCUT2D eigenvalue weighted by molar-refractivity contribution is -0.132. The Bertz CT molecular complexity index is 1890. The molecule has 0 saturated carbocycles. The molecule has 0 unspecified atom stereocenters. The summed E-state index contributed by atoms with van der Waals surface area (Å²) in [6.45, 7) is 3.62. The molecule has 15 nitrogen and oxygen atoms in total. The molecule has 2 aliphatic rings. The van der Waals surface area contributed by atoms with E-state index in [1.54, 1.807) is 47.3 Å². The zero-order chi connectivity index (χ0) is 37.2. The van der Waals surface area contributed by atoms with E-state index in [0.717, 1.165) is 16.9 Å². The summed E-state index contributed by atoms with van der Waals surface area (Å²) < 4.78 is 13.0. The van der Waals surface area contributed by atoms with Crippen molar-refractivity contribution in [1.82, 2.24) is 35.8 Å². The molecule has 0 aliphatic carbocycles. The summed E-state index contributed by atoms with van der Waals surface area (Å²) in [7, 11) is 1.45. The van der Waals surface area contributed by atoms with Crippen LogP contribution in [0.25, 0.3) is 0 Å². The van der Waals surface area contributed by atoms with Crippen LogP contribution in [0.15, 0.2) is 66.9 Å². The maximum atomic E-state index is 13.7. The molecule has 6 rings (SSSR count). The molecule has 2 aromatic heterocycles. The third-order valence-electron chi connectivity index (χ3n) is 8.33. The van der Waals surface area contributed by atoms with Gasteiger partial charge in [-0.05, 0) is 49.7 Å². The van der Waals surface area contributed by atoms with Crippen LogP contribution in [0.4, 0.5) is 0 Å². The molecule has 4 heterocycles. The van der Waals surface area contributed by atoms with Gasteiger partial charge in [0.25, 0.3) is 11.8 Å². The fraction of sp³-hybridized carbons (Fsp3) is 0.361. The van der Waals surface area contributed by atoms with Gasteiger partial charge in [0.2, 0.25) is 11.8 Å². The number of thiophene rings is 1. The molecular weight excluding hydrogens is 691 g/mol. The largest absolute Gasteiger partial charge is 0.493 e. The summed E-state index contributed by atoms with van der Waals surface area (Å²) in [5.74, 6) is -1.75. The van der Waals surface area contributed by atoms with E-state index >= 15 is 0 Å². The number of carbonyl (C=O) groups excluding carboxylic acids is 5. The third-order valence-corrected chi connectivity index (χ3v) is 9.50. The Balaban J connectivity index is 1.42. The van der Waals surface area contributed by atoms with Crippen molar-refractivity contribution in [3.63, 3.8) is 0 Å². The van der Waals surface area contributed by atoms with Gasteiger partial charge in [0.05, 0.1) is 35.2 Å². The Labute approximate surface area is 304 Å². The number of hydrogen-bond donors (Lipinski definition) is 4. The second-order valence-electron chi connectivity index (χ2n) is 12.2. The first kappa shape index (κ1) is 37.6. The van der Waals surface area contributed by atoms with Gasteiger partial charge < -0.3 is 35.4 Å². The molecule has 2 aliphatic heterocycles. The predicted molar refractivity (Wildman–Crippen MR) is 190 cm³/mol. The van der Waals surface area contributed by atoms with Crippen molar-refractivity contribution < 1.29 is 38.6 Å². The van der Waals surface area contributed by atoms with Crippen LogP contribution >= 0.6 is 11.3 Å². The Kier molecular flexibility index (Phi) is 12.7. The van der Waals surface area contributed by atoms with Crippen molar-refractivity contribution in [2.24, 2.45) is 0 Å². The number of fused-ring (bicyclic) bond motifs is 16. The minimum Gasteiger partial charge on any atom is -0.493 e. The molecule has 0 spiro atoms. The summed E-state index contributed by atoms with van der Waals surface area (Å²) in [5, 5.41) is 27.1. The lowest BCUT2D eigenvalue weighted by Gasteiger charge is -2.26. The number of nitrogens with one attached hydrogen (secondary N) is 3.